The van der Waals surface area contributed by atoms with Crippen molar-refractivity contribution in [2.75, 3.05) is 18.2 Å². The van der Waals surface area contributed by atoms with E-state index >= 15 is 0 Å². The molecule has 2 amide bonds. The first kappa shape index (κ1) is 19.2. The van der Waals surface area contributed by atoms with Crippen LogP contribution in [-0.2, 0) is 20.9 Å². The van der Waals surface area contributed by atoms with E-state index in [4.69, 9.17) is 5.11 Å². The number of hydrogen-bond donors (Lipinski definition) is 1. The van der Waals surface area contributed by atoms with Gasteiger partial charge in [-0.25, -0.2) is 8.78 Å². The van der Waals surface area contributed by atoms with Crippen molar-refractivity contribution in [3.05, 3.63) is 35.4 Å². The molecule has 1 atom stereocenters. The number of halogens is 2. The Morgan fingerprint density at radius 3 is 2.72 bits per heavy atom. The van der Waals surface area contributed by atoms with E-state index in [9.17, 15) is 23.2 Å². The second-order valence-corrected chi connectivity index (χ2v) is 6.62. The molecule has 0 saturated carbocycles. The summed E-state index contributed by atoms with van der Waals surface area (Å²) in [6.45, 7) is 0.930. The normalized spacial score (nSPS) is 16.8. The molecule has 0 radical (unpaired) electrons. The highest BCUT2D eigenvalue weighted by molar-refractivity contribution is 7.99. The first-order valence-corrected chi connectivity index (χ1v) is 8.75. The number of aliphatic carboxylic acids is 1. The van der Waals surface area contributed by atoms with Gasteiger partial charge in [-0.15, -0.1) is 11.8 Å². The fourth-order valence-corrected chi connectivity index (χ4v) is 3.75. The molecule has 1 heterocycles. The fourth-order valence-electron chi connectivity index (χ4n) is 2.54. The van der Waals surface area contributed by atoms with E-state index in [-0.39, 0.29) is 31.0 Å². The van der Waals surface area contributed by atoms with Crippen LogP contribution in [-0.4, -0.2) is 56.9 Å². The van der Waals surface area contributed by atoms with Crippen molar-refractivity contribution in [1.29, 1.82) is 0 Å². The minimum Gasteiger partial charge on any atom is -0.481 e. The van der Waals surface area contributed by atoms with Gasteiger partial charge in [-0.2, -0.15) is 0 Å². The molecule has 1 N–H and O–H groups in total. The lowest BCUT2D eigenvalue weighted by Gasteiger charge is -2.29. The summed E-state index contributed by atoms with van der Waals surface area (Å²) in [7, 11) is 0. The molecule has 0 aromatic heterocycles. The van der Waals surface area contributed by atoms with Gasteiger partial charge in [-0.05, 0) is 6.07 Å². The van der Waals surface area contributed by atoms with E-state index in [0.717, 1.165) is 6.07 Å². The zero-order chi connectivity index (χ0) is 18.6. The highest BCUT2D eigenvalue weighted by Crippen LogP contribution is 2.24. The minimum absolute atomic E-state index is 0.0428. The Kier molecular flexibility index (Phi) is 6.35. The maximum atomic E-state index is 13.9. The van der Waals surface area contributed by atoms with Crippen LogP contribution in [0, 0.1) is 11.6 Å². The summed E-state index contributed by atoms with van der Waals surface area (Å²) in [4.78, 5) is 37.8. The van der Waals surface area contributed by atoms with Gasteiger partial charge in [0, 0.05) is 31.3 Å². The van der Waals surface area contributed by atoms with Gasteiger partial charge >= 0.3 is 5.97 Å². The summed E-state index contributed by atoms with van der Waals surface area (Å²) in [5.74, 6) is -3.20. The third-order valence-corrected chi connectivity index (χ3v) is 4.88. The molecule has 136 valence electrons. The molecule has 1 aliphatic heterocycles. The monoisotopic (exact) mass is 372 g/mol. The van der Waals surface area contributed by atoms with Crippen LogP contribution >= 0.6 is 11.8 Å². The third-order valence-electron chi connectivity index (χ3n) is 3.87. The summed E-state index contributed by atoms with van der Waals surface area (Å²) in [5.41, 5.74) is -0.0428. The van der Waals surface area contributed by atoms with Crippen LogP contribution in [0.1, 0.15) is 18.9 Å². The van der Waals surface area contributed by atoms with Crippen LogP contribution in [0.25, 0.3) is 0 Å². The van der Waals surface area contributed by atoms with Crippen LogP contribution in [0.2, 0.25) is 0 Å². The second-order valence-electron chi connectivity index (χ2n) is 5.62. The highest BCUT2D eigenvalue weighted by Gasteiger charge is 2.36. The standard InChI is InChI=1S/C16H18F2N2O4S/c1-10(21)20-9-25-8-13(20)16(24)19(6-5-14(22)23)7-11-3-2-4-12(17)15(11)18/h2-4,13H,5-9H2,1H3,(H,22,23). The number of hydrogen-bond acceptors (Lipinski definition) is 4. The molecule has 25 heavy (non-hydrogen) atoms. The van der Waals surface area contributed by atoms with E-state index < -0.39 is 29.6 Å². The number of nitrogens with zero attached hydrogens (tertiary/aromatic N) is 2. The molecule has 1 aliphatic rings. The average molecular weight is 372 g/mol. The number of rotatable bonds is 6. The van der Waals surface area contributed by atoms with Gasteiger partial charge in [0.25, 0.3) is 0 Å². The van der Waals surface area contributed by atoms with Crippen molar-refractivity contribution in [3.63, 3.8) is 0 Å². The van der Waals surface area contributed by atoms with Gasteiger partial charge < -0.3 is 14.9 Å². The fraction of sp³-hybridized carbons (Fsp3) is 0.438. The third kappa shape index (κ3) is 4.68. The lowest BCUT2D eigenvalue weighted by Crippen LogP contribution is -2.48. The molecular weight excluding hydrogens is 354 g/mol. The van der Waals surface area contributed by atoms with Crippen molar-refractivity contribution in [2.45, 2.75) is 25.9 Å². The molecular formula is C16H18F2N2O4S. The lowest BCUT2D eigenvalue weighted by molar-refractivity contribution is -0.144. The van der Waals surface area contributed by atoms with E-state index in [2.05, 4.69) is 0 Å². The average Bonchev–Trinajstić information content (AvgIpc) is 3.04. The number of carboxylic acids is 1. The smallest absolute Gasteiger partial charge is 0.305 e. The second kappa shape index (κ2) is 8.28. The summed E-state index contributed by atoms with van der Waals surface area (Å²) in [6, 6.07) is 2.90. The summed E-state index contributed by atoms with van der Waals surface area (Å²) >= 11 is 1.41. The Labute approximate surface area is 147 Å². The molecule has 1 aromatic rings. The maximum Gasteiger partial charge on any atom is 0.305 e. The minimum atomic E-state index is -1.11. The Morgan fingerprint density at radius 1 is 1.36 bits per heavy atom. The van der Waals surface area contributed by atoms with Gasteiger partial charge in [-0.1, -0.05) is 12.1 Å². The Balaban J connectivity index is 2.22. The topological polar surface area (TPSA) is 77.9 Å². The van der Waals surface area contributed by atoms with E-state index in [0.29, 0.717) is 11.6 Å². The predicted octanol–water partition coefficient (Wildman–Crippen LogP) is 1.69. The lowest BCUT2D eigenvalue weighted by atomic mass is 10.1. The summed E-state index contributed by atoms with van der Waals surface area (Å²) in [6.07, 6.45) is -0.331. The van der Waals surface area contributed by atoms with Gasteiger partial charge in [-0.3, -0.25) is 14.4 Å². The molecule has 9 heteroatoms. The molecule has 0 aliphatic carbocycles. The van der Waals surface area contributed by atoms with Crippen molar-refractivity contribution in [1.82, 2.24) is 9.80 Å². The van der Waals surface area contributed by atoms with Crippen LogP contribution in [0.5, 0.6) is 0 Å². The molecule has 0 spiro atoms. The van der Waals surface area contributed by atoms with Crippen molar-refractivity contribution in [2.24, 2.45) is 0 Å². The van der Waals surface area contributed by atoms with Crippen LogP contribution in [0.15, 0.2) is 18.2 Å². The molecule has 2 rings (SSSR count). The number of thioether (sulfide) groups is 1. The SMILES string of the molecule is CC(=O)N1CSCC1C(=O)N(CCC(=O)O)Cc1cccc(F)c1F. The van der Waals surface area contributed by atoms with E-state index in [1.807, 2.05) is 0 Å². The van der Waals surface area contributed by atoms with Gasteiger partial charge in [0.15, 0.2) is 11.6 Å². The molecule has 1 saturated heterocycles. The Bertz CT molecular complexity index is 686. The van der Waals surface area contributed by atoms with Crippen LogP contribution in [0.4, 0.5) is 8.78 Å². The molecule has 6 nitrogen and oxygen atoms in total. The number of benzene rings is 1. The highest BCUT2D eigenvalue weighted by atomic mass is 32.2. The van der Waals surface area contributed by atoms with Crippen LogP contribution in [0.3, 0.4) is 0 Å². The maximum absolute atomic E-state index is 13.9. The number of carbonyl (C=O) groups is 3. The summed E-state index contributed by atoms with van der Waals surface area (Å²) < 4.78 is 27.3. The molecule has 1 unspecified atom stereocenters. The van der Waals surface area contributed by atoms with E-state index in [1.165, 1.54) is 40.6 Å². The number of amides is 2. The number of carbonyl (C=O) groups excluding carboxylic acids is 2. The van der Waals surface area contributed by atoms with Gasteiger partial charge in [0.1, 0.15) is 6.04 Å². The first-order valence-electron chi connectivity index (χ1n) is 7.59. The quantitative estimate of drug-likeness (QED) is 0.822. The predicted molar refractivity (Wildman–Crippen MR) is 87.7 cm³/mol. The van der Waals surface area contributed by atoms with Gasteiger partial charge in [0.05, 0.1) is 12.3 Å². The molecule has 0 bridgehead atoms. The molecule has 1 aromatic carbocycles. The first-order chi connectivity index (χ1) is 11.8. The van der Waals surface area contributed by atoms with Crippen LogP contribution < -0.4 is 0 Å². The Morgan fingerprint density at radius 2 is 2.08 bits per heavy atom. The van der Waals surface area contributed by atoms with E-state index in [1.54, 1.807) is 0 Å². The van der Waals surface area contributed by atoms with Gasteiger partial charge in [0.2, 0.25) is 11.8 Å². The largest absolute Gasteiger partial charge is 0.481 e. The van der Waals surface area contributed by atoms with Crippen molar-refractivity contribution >= 4 is 29.5 Å². The zero-order valence-electron chi connectivity index (χ0n) is 13.6. The van der Waals surface area contributed by atoms with Crippen molar-refractivity contribution < 1.29 is 28.3 Å². The van der Waals surface area contributed by atoms with Crippen molar-refractivity contribution in [3.8, 4) is 0 Å². The Hall–Kier alpha value is -2.16. The number of carboxylic acid groups (broad SMARTS) is 1. The zero-order valence-corrected chi connectivity index (χ0v) is 14.4. The summed E-state index contributed by atoms with van der Waals surface area (Å²) in [5, 5.41) is 8.87. The molecule has 1 fully saturated rings.